The number of nitrogens with zero attached hydrogens (tertiary/aromatic N) is 2. The fourth-order valence-corrected chi connectivity index (χ4v) is 1.29. The first-order chi connectivity index (χ1) is 6.31. The molecule has 1 aromatic carbocycles. The summed E-state index contributed by atoms with van der Waals surface area (Å²) in [4.78, 5) is 8.27. The lowest BCUT2D eigenvalue weighted by molar-refractivity contribution is 0.415. The second-order valence-corrected chi connectivity index (χ2v) is 2.84. The van der Waals surface area contributed by atoms with Crippen LogP contribution in [0.4, 0.5) is 0 Å². The van der Waals surface area contributed by atoms with Gasteiger partial charge in [0.2, 0.25) is 0 Å². The molecule has 1 aromatic heterocycles. The lowest BCUT2D eigenvalue weighted by Crippen LogP contribution is -1.88. The molecule has 0 N–H and O–H groups in total. The van der Waals surface area contributed by atoms with Crippen LogP contribution < -0.4 is 4.74 Å². The summed E-state index contributed by atoms with van der Waals surface area (Å²) in [5.41, 5.74) is 1.93. The lowest BCUT2D eigenvalue weighted by atomic mass is 10.2. The minimum absolute atomic E-state index is 0.838. The highest BCUT2D eigenvalue weighted by atomic mass is 16.5. The maximum atomic E-state index is 5.12. The number of ether oxygens (including phenoxy) is 1. The van der Waals surface area contributed by atoms with Crippen LogP contribution >= 0.6 is 0 Å². The summed E-state index contributed by atoms with van der Waals surface area (Å²) in [6.07, 6.45) is 1.57. The van der Waals surface area contributed by atoms with E-state index in [1.165, 1.54) is 0 Å². The van der Waals surface area contributed by atoms with Crippen molar-refractivity contribution in [1.82, 2.24) is 9.97 Å². The molecule has 0 spiro atoms. The number of aromatic nitrogens is 2. The van der Waals surface area contributed by atoms with Crippen LogP contribution in [0.5, 0.6) is 5.75 Å². The molecule has 2 rings (SSSR count). The van der Waals surface area contributed by atoms with Crippen LogP contribution in [0.25, 0.3) is 10.9 Å². The summed E-state index contributed by atoms with van der Waals surface area (Å²) in [5.74, 6) is 0.838. The van der Waals surface area contributed by atoms with Gasteiger partial charge in [-0.05, 0) is 25.1 Å². The van der Waals surface area contributed by atoms with Crippen LogP contribution in [-0.4, -0.2) is 17.1 Å². The standard InChI is InChI=1S/C10H10N2O/c1-7-9-5-8(13-2)3-4-10(9)12-6-11-7/h3-6H,1-2H3. The summed E-state index contributed by atoms with van der Waals surface area (Å²) in [6.45, 7) is 1.96. The summed E-state index contributed by atoms with van der Waals surface area (Å²) in [6, 6.07) is 5.78. The van der Waals surface area contributed by atoms with E-state index in [2.05, 4.69) is 9.97 Å². The van der Waals surface area contributed by atoms with Crippen LogP contribution in [0.1, 0.15) is 5.69 Å². The highest BCUT2D eigenvalue weighted by Gasteiger charge is 2.00. The Balaban J connectivity index is 2.74. The highest BCUT2D eigenvalue weighted by Crippen LogP contribution is 2.20. The molecule has 0 fully saturated rings. The van der Waals surface area contributed by atoms with E-state index in [0.29, 0.717) is 0 Å². The van der Waals surface area contributed by atoms with Crippen molar-refractivity contribution >= 4 is 10.9 Å². The van der Waals surface area contributed by atoms with Crippen LogP contribution in [0, 0.1) is 6.92 Å². The van der Waals surface area contributed by atoms with Crippen molar-refractivity contribution in [3.63, 3.8) is 0 Å². The first kappa shape index (κ1) is 7.98. The van der Waals surface area contributed by atoms with E-state index in [4.69, 9.17) is 4.74 Å². The minimum atomic E-state index is 0.838. The maximum absolute atomic E-state index is 5.12. The molecule has 0 aliphatic carbocycles. The van der Waals surface area contributed by atoms with Gasteiger partial charge in [-0.2, -0.15) is 0 Å². The Kier molecular flexibility index (Phi) is 1.85. The maximum Gasteiger partial charge on any atom is 0.119 e. The molecule has 0 bridgehead atoms. The van der Waals surface area contributed by atoms with Crippen LogP contribution in [0.3, 0.4) is 0 Å². The Bertz CT molecular complexity index is 440. The molecule has 0 aliphatic heterocycles. The van der Waals surface area contributed by atoms with Crippen molar-refractivity contribution in [3.8, 4) is 5.75 Å². The van der Waals surface area contributed by atoms with E-state index in [0.717, 1.165) is 22.3 Å². The minimum Gasteiger partial charge on any atom is -0.497 e. The fourth-order valence-electron chi connectivity index (χ4n) is 1.29. The third kappa shape index (κ3) is 1.33. The lowest BCUT2D eigenvalue weighted by Gasteiger charge is -2.02. The molecule has 13 heavy (non-hydrogen) atoms. The van der Waals surface area contributed by atoms with E-state index < -0.39 is 0 Å². The number of fused-ring (bicyclic) bond motifs is 1. The highest BCUT2D eigenvalue weighted by molar-refractivity contribution is 5.81. The summed E-state index contributed by atoms with van der Waals surface area (Å²) in [7, 11) is 1.65. The molecule has 2 aromatic rings. The number of hydrogen-bond donors (Lipinski definition) is 0. The number of methoxy groups -OCH3 is 1. The van der Waals surface area contributed by atoms with Crippen LogP contribution in [-0.2, 0) is 0 Å². The Labute approximate surface area is 76.4 Å². The van der Waals surface area contributed by atoms with Crippen LogP contribution in [0.15, 0.2) is 24.5 Å². The zero-order valence-electron chi connectivity index (χ0n) is 7.61. The fraction of sp³-hybridized carbons (Fsp3) is 0.200. The van der Waals surface area contributed by atoms with E-state index >= 15 is 0 Å². The van der Waals surface area contributed by atoms with Gasteiger partial charge in [0.1, 0.15) is 12.1 Å². The SMILES string of the molecule is COc1ccc2ncnc(C)c2c1. The van der Waals surface area contributed by atoms with Crippen molar-refractivity contribution in [2.45, 2.75) is 6.92 Å². The zero-order valence-corrected chi connectivity index (χ0v) is 7.61. The van der Waals surface area contributed by atoms with Gasteiger partial charge in [0.25, 0.3) is 0 Å². The topological polar surface area (TPSA) is 35.0 Å². The van der Waals surface area contributed by atoms with Gasteiger partial charge in [-0.15, -0.1) is 0 Å². The third-order valence-corrected chi connectivity index (χ3v) is 2.04. The Morgan fingerprint density at radius 3 is 2.85 bits per heavy atom. The predicted molar refractivity (Wildman–Crippen MR) is 50.8 cm³/mol. The second kappa shape index (κ2) is 3.01. The monoisotopic (exact) mass is 174 g/mol. The molecule has 0 saturated heterocycles. The van der Waals surface area contributed by atoms with Gasteiger partial charge < -0.3 is 4.74 Å². The van der Waals surface area contributed by atoms with Crippen molar-refractivity contribution in [1.29, 1.82) is 0 Å². The molecule has 0 unspecified atom stereocenters. The van der Waals surface area contributed by atoms with E-state index in [1.807, 2.05) is 25.1 Å². The van der Waals surface area contributed by atoms with Gasteiger partial charge in [0, 0.05) is 11.1 Å². The number of rotatable bonds is 1. The van der Waals surface area contributed by atoms with Gasteiger partial charge in [0.15, 0.2) is 0 Å². The number of hydrogen-bond acceptors (Lipinski definition) is 3. The molecule has 1 heterocycles. The first-order valence-electron chi connectivity index (χ1n) is 4.06. The van der Waals surface area contributed by atoms with E-state index in [1.54, 1.807) is 13.4 Å². The molecular weight excluding hydrogens is 164 g/mol. The molecule has 3 heteroatoms. The molecule has 0 radical (unpaired) electrons. The molecule has 66 valence electrons. The third-order valence-electron chi connectivity index (χ3n) is 2.04. The smallest absolute Gasteiger partial charge is 0.119 e. The number of aryl methyl sites for hydroxylation is 1. The van der Waals surface area contributed by atoms with Gasteiger partial charge in [-0.1, -0.05) is 0 Å². The summed E-state index contributed by atoms with van der Waals surface area (Å²) < 4.78 is 5.12. The first-order valence-corrected chi connectivity index (χ1v) is 4.06. The average molecular weight is 174 g/mol. The van der Waals surface area contributed by atoms with Gasteiger partial charge in [-0.25, -0.2) is 9.97 Å². The normalized spacial score (nSPS) is 10.3. The molecular formula is C10H10N2O. The zero-order chi connectivity index (χ0) is 9.26. The van der Waals surface area contributed by atoms with Crippen molar-refractivity contribution in [3.05, 3.63) is 30.2 Å². The van der Waals surface area contributed by atoms with E-state index in [-0.39, 0.29) is 0 Å². The predicted octanol–water partition coefficient (Wildman–Crippen LogP) is 1.95. The van der Waals surface area contributed by atoms with Crippen molar-refractivity contribution in [2.24, 2.45) is 0 Å². The molecule has 0 amide bonds. The summed E-state index contributed by atoms with van der Waals surface area (Å²) >= 11 is 0. The van der Waals surface area contributed by atoms with Crippen molar-refractivity contribution < 1.29 is 4.74 Å². The Morgan fingerprint density at radius 1 is 1.23 bits per heavy atom. The Morgan fingerprint density at radius 2 is 2.08 bits per heavy atom. The van der Waals surface area contributed by atoms with Crippen LogP contribution in [0.2, 0.25) is 0 Å². The Hall–Kier alpha value is -1.64. The van der Waals surface area contributed by atoms with Gasteiger partial charge in [-0.3, -0.25) is 0 Å². The molecule has 3 nitrogen and oxygen atoms in total. The average Bonchev–Trinajstić information content (AvgIpc) is 2.18. The van der Waals surface area contributed by atoms with Gasteiger partial charge in [0.05, 0.1) is 12.6 Å². The molecule has 0 aliphatic rings. The molecule has 0 saturated carbocycles. The number of benzene rings is 1. The van der Waals surface area contributed by atoms with Gasteiger partial charge >= 0.3 is 0 Å². The van der Waals surface area contributed by atoms with Crippen molar-refractivity contribution in [2.75, 3.05) is 7.11 Å². The quantitative estimate of drug-likeness (QED) is 0.662. The van der Waals surface area contributed by atoms with E-state index in [9.17, 15) is 0 Å². The second-order valence-electron chi connectivity index (χ2n) is 2.84. The largest absolute Gasteiger partial charge is 0.497 e. The molecule has 0 atom stereocenters. The summed E-state index contributed by atoms with van der Waals surface area (Å²) in [5, 5.41) is 1.04.